The Bertz CT molecular complexity index is 1060. The summed E-state index contributed by atoms with van der Waals surface area (Å²) in [7, 11) is 0. The van der Waals surface area contributed by atoms with Crippen LogP contribution in [0.5, 0.6) is 11.5 Å². The maximum atomic E-state index is 13.2. The highest BCUT2D eigenvalue weighted by atomic mass is 16.5. The Morgan fingerprint density at radius 3 is 2.24 bits per heavy atom. The van der Waals surface area contributed by atoms with Crippen LogP contribution < -0.4 is 14.6 Å². The molecule has 0 radical (unpaired) electrons. The molecule has 0 N–H and O–H groups in total. The van der Waals surface area contributed by atoms with Crippen molar-refractivity contribution in [3.05, 3.63) is 46.3 Å². The van der Waals surface area contributed by atoms with Crippen molar-refractivity contribution in [1.29, 1.82) is 0 Å². The molecule has 1 aliphatic heterocycles. The quantitative estimate of drug-likeness (QED) is 0.591. The second-order valence-electron chi connectivity index (χ2n) is 8.30. The Balaban J connectivity index is 1.90. The van der Waals surface area contributed by atoms with Gasteiger partial charge in [-0.05, 0) is 50.3 Å². The van der Waals surface area contributed by atoms with Crippen molar-refractivity contribution < 1.29 is 29.0 Å². The van der Waals surface area contributed by atoms with E-state index >= 15 is 0 Å². The fraction of sp³-hybridized carbons (Fsp3) is 0.423. The fourth-order valence-electron chi connectivity index (χ4n) is 5.08. The number of allylic oxidation sites excluding steroid dienone is 4. The van der Waals surface area contributed by atoms with Gasteiger partial charge in [0, 0.05) is 41.3 Å². The summed E-state index contributed by atoms with van der Waals surface area (Å²) in [6, 6.07) is 5.37. The smallest absolute Gasteiger partial charge is 0.162 e. The highest BCUT2D eigenvalue weighted by Crippen LogP contribution is 2.49. The molecule has 33 heavy (non-hydrogen) atoms. The Hall–Kier alpha value is -3.53. The monoisotopic (exact) mass is 448 g/mol. The van der Waals surface area contributed by atoms with E-state index < -0.39 is 11.9 Å². The first-order chi connectivity index (χ1) is 16.0. The third-order valence-corrected chi connectivity index (χ3v) is 6.29. The molecule has 7 heteroatoms. The molecule has 0 atom stereocenters. The van der Waals surface area contributed by atoms with Crippen LogP contribution in [-0.4, -0.2) is 42.2 Å². The SMILES string of the molecule is C#CCOc1ccc(C2C3=C(CCCC3=O)N(CC(=O)[O-])C3=C2C(=O)CCC3)cc1OCC. The number of benzene rings is 1. The molecule has 0 saturated carbocycles. The van der Waals surface area contributed by atoms with Crippen LogP contribution in [-0.2, 0) is 14.4 Å². The molecule has 2 aliphatic carbocycles. The van der Waals surface area contributed by atoms with E-state index in [1.54, 1.807) is 17.0 Å². The standard InChI is InChI=1S/C26H27NO6/c1-3-13-33-21-12-11-16(14-22(21)32-4-2)24-25-17(7-5-9-19(25)28)27(15-23(30)31)18-8-6-10-20(29)26(18)24/h1,11-12,14,24H,4-10,13,15H2,2H3,(H,30,31)/p-1. The van der Waals surface area contributed by atoms with Crippen LogP contribution in [0.15, 0.2) is 40.7 Å². The number of Topliss-reactive ketones (excluding diaryl/α,β-unsaturated/α-hetero) is 2. The van der Waals surface area contributed by atoms with Gasteiger partial charge in [0.2, 0.25) is 0 Å². The van der Waals surface area contributed by atoms with Gasteiger partial charge in [-0.2, -0.15) is 0 Å². The highest BCUT2D eigenvalue weighted by Gasteiger charge is 2.43. The molecule has 0 aromatic heterocycles. The zero-order chi connectivity index (χ0) is 23.5. The lowest BCUT2D eigenvalue weighted by Gasteiger charge is -2.44. The molecule has 1 heterocycles. The molecule has 7 nitrogen and oxygen atoms in total. The van der Waals surface area contributed by atoms with Gasteiger partial charge in [0.15, 0.2) is 23.1 Å². The zero-order valence-electron chi connectivity index (χ0n) is 18.6. The summed E-state index contributed by atoms with van der Waals surface area (Å²) in [5.41, 5.74) is 3.15. The minimum atomic E-state index is -1.24. The zero-order valence-corrected chi connectivity index (χ0v) is 18.6. The summed E-state index contributed by atoms with van der Waals surface area (Å²) < 4.78 is 11.4. The first kappa shape index (κ1) is 22.7. The van der Waals surface area contributed by atoms with E-state index in [1.807, 2.05) is 13.0 Å². The lowest BCUT2D eigenvalue weighted by Crippen LogP contribution is -2.44. The number of hydrogen-bond donors (Lipinski definition) is 0. The number of carboxylic acids is 1. The van der Waals surface area contributed by atoms with Gasteiger partial charge in [-0.15, -0.1) is 6.42 Å². The average molecular weight is 448 g/mol. The van der Waals surface area contributed by atoms with Crippen molar-refractivity contribution in [2.45, 2.75) is 51.4 Å². The third-order valence-electron chi connectivity index (χ3n) is 6.29. The third kappa shape index (κ3) is 4.25. The Kier molecular flexibility index (Phi) is 6.55. The normalized spacial score (nSPS) is 18.6. The summed E-state index contributed by atoms with van der Waals surface area (Å²) in [5.74, 6) is 1.49. The molecule has 4 rings (SSSR count). The van der Waals surface area contributed by atoms with E-state index in [0.29, 0.717) is 79.2 Å². The van der Waals surface area contributed by atoms with Crippen LogP contribution >= 0.6 is 0 Å². The van der Waals surface area contributed by atoms with Crippen LogP contribution in [0.2, 0.25) is 0 Å². The van der Waals surface area contributed by atoms with Crippen molar-refractivity contribution in [1.82, 2.24) is 4.90 Å². The van der Waals surface area contributed by atoms with E-state index in [4.69, 9.17) is 15.9 Å². The van der Waals surface area contributed by atoms with Crippen molar-refractivity contribution >= 4 is 17.5 Å². The number of carbonyl (C=O) groups is 3. The van der Waals surface area contributed by atoms with Crippen molar-refractivity contribution in [3.8, 4) is 23.8 Å². The molecule has 0 spiro atoms. The van der Waals surface area contributed by atoms with E-state index in [2.05, 4.69) is 5.92 Å². The van der Waals surface area contributed by atoms with Gasteiger partial charge in [-0.25, -0.2) is 0 Å². The van der Waals surface area contributed by atoms with E-state index in [0.717, 1.165) is 5.56 Å². The number of ether oxygens (including phenoxy) is 2. The van der Waals surface area contributed by atoms with Gasteiger partial charge in [-0.3, -0.25) is 9.59 Å². The first-order valence-corrected chi connectivity index (χ1v) is 11.3. The maximum Gasteiger partial charge on any atom is 0.162 e. The highest BCUT2D eigenvalue weighted by molar-refractivity contribution is 6.06. The Labute approximate surface area is 193 Å². The number of carboxylic acid groups (broad SMARTS) is 1. The predicted octanol–water partition coefficient (Wildman–Crippen LogP) is 2.26. The molecular weight excluding hydrogens is 422 g/mol. The topological polar surface area (TPSA) is 96.0 Å². The molecule has 0 bridgehead atoms. The number of aliphatic carboxylic acids is 1. The van der Waals surface area contributed by atoms with Gasteiger partial charge in [0.1, 0.15) is 6.61 Å². The average Bonchev–Trinajstić information content (AvgIpc) is 2.79. The fourth-order valence-corrected chi connectivity index (χ4v) is 5.08. The molecule has 1 aromatic rings. The first-order valence-electron chi connectivity index (χ1n) is 11.3. The van der Waals surface area contributed by atoms with E-state index in [1.165, 1.54) is 0 Å². The Morgan fingerprint density at radius 2 is 1.70 bits per heavy atom. The van der Waals surface area contributed by atoms with Crippen molar-refractivity contribution in [2.24, 2.45) is 0 Å². The second kappa shape index (κ2) is 9.53. The maximum absolute atomic E-state index is 13.2. The number of ketones is 2. The predicted molar refractivity (Wildman–Crippen MR) is 118 cm³/mol. The largest absolute Gasteiger partial charge is 0.548 e. The summed E-state index contributed by atoms with van der Waals surface area (Å²) in [6.07, 6.45) is 8.51. The number of terminal acetylenes is 1. The number of rotatable bonds is 7. The van der Waals surface area contributed by atoms with Crippen molar-refractivity contribution in [3.63, 3.8) is 0 Å². The Morgan fingerprint density at radius 1 is 1.06 bits per heavy atom. The van der Waals surface area contributed by atoms with Gasteiger partial charge >= 0.3 is 0 Å². The molecule has 0 fully saturated rings. The number of carbonyl (C=O) groups excluding carboxylic acids is 3. The number of nitrogens with zero attached hydrogens (tertiary/aromatic N) is 1. The van der Waals surface area contributed by atoms with Gasteiger partial charge in [-0.1, -0.05) is 12.0 Å². The summed E-state index contributed by atoms with van der Waals surface area (Å²) in [5, 5.41) is 11.6. The van der Waals surface area contributed by atoms with Crippen molar-refractivity contribution in [2.75, 3.05) is 19.8 Å². The lowest BCUT2D eigenvalue weighted by molar-refractivity contribution is -0.305. The molecular formula is C26H26NO6-. The molecule has 172 valence electrons. The minimum absolute atomic E-state index is 0.0554. The number of hydrogen-bond acceptors (Lipinski definition) is 7. The minimum Gasteiger partial charge on any atom is -0.548 e. The summed E-state index contributed by atoms with van der Waals surface area (Å²) in [6.45, 7) is 1.98. The molecule has 3 aliphatic rings. The van der Waals surface area contributed by atoms with E-state index in [-0.39, 0.29) is 24.7 Å². The second-order valence-corrected chi connectivity index (χ2v) is 8.30. The van der Waals surface area contributed by atoms with E-state index in [9.17, 15) is 19.5 Å². The molecule has 1 aromatic carbocycles. The van der Waals surface area contributed by atoms with Gasteiger partial charge in [0.25, 0.3) is 0 Å². The molecule has 0 amide bonds. The summed E-state index contributed by atoms with van der Waals surface area (Å²) in [4.78, 5) is 39.6. The molecule has 0 unspecified atom stereocenters. The van der Waals surface area contributed by atoms with Crippen LogP contribution in [0.25, 0.3) is 0 Å². The summed E-state index contributed by atoms with van der Waals surface area (Å²) >= 11 is 0. The van der Waals surface area contributed by atoms with Crippen LogP contribution in [0.3, 0.4) is 0 Å². The van der Waals surface area contributed by atoms with Gasteiger partial charge in [0.05, 0.1) is 19.1 Å². The van der Waals surface area contributed by atoms with Gasteiger partial charge < -0.3 is 24.3 Å². The lowest BCUT2D eigenvalue weighted by atomic mass is 9.71. The molecule has 0 saturated heterocycles. The van der Waals surface area contributed by atoms with Crippen LogP contribution in [0.4, 0.5) is 0 Å². The van der Waals surface area contributed by atoms with Crippen LogP contribution in [0, 0.1) is 12.3 Å². The van der Waals surface area contributed by atoms with Crippen LogP contribution in [0.1, 0.15) is 56.9 Å².